The van der Waals surface area contributed by atoms with Crippen LogP contribution in [-0.4, -0.2) is 40.9 Å². The lowest BCUT2D eigenvalue weighted by Gasteiger charge is -2.21. The van der Waals surface area contributed by atoms with Gasteiger partial charge in [-0.25, -0.2) is 8.78 Å². The molecule has 2 rings (SSSR count). The second-order valence-electron chi connectivity index (χ2n) is 5.20. The number of likely N-dealkylation sites (tertiary alicyclic amines) is 1. The Morgan fingerprint density at radius 2 is 1.95 bits per heavy atom. The number of hydrogen-bond donors (Lipinski definition) is 2. The van der Waals surface area contributed by atoms with E-state index in [1.54, 1.807) is 6.92 Å². The molecule has 19 heavy (non-hydrogen) atoms. The van der Waals surface area contributed by atoms with E-state index >= 15 is 0 Å². The maximum absolute atomic E-state index is 13.5. The summed E-state index contributed by atoms with van der Waals surface area (Å²) in [6, 6.07) is 3.56. The summed E-state index contributed by atoms with van der Waals surface area (Å²) in [5, 5.41) is 19.5. The van der Waals surface area contributed by atoms with Crippen molar-refractivity contribution in [3.63, 3.8) is 0 Å². The summed E-state index contributed by atoms with van der Waals surface area (Å²) in [6.45, 7) is 3.29. The van der Waals surface area contributed by atoms with Crippen molar-refractivity contribution in [2.24, 2.45) is 5.92 Å². The Balaban J connectivity index is 2.00. The Bertz CT molecular complexity index is 419. The molecular formula is C14H19F2NO2. The standard InChI is InChI=1S/C14H19F2NO2/c1-9(18)10-5-6-17(7-10)8-13(19)14-11(15)3-2-4-12(14)16/h2-4,9-10,13,18-19H,5-8H2,1H3. The zero-order valence-corrected chi connectivity index (χ0v) is 10.9. The summed E-state index contributed by atoms with van der Waals surface area (Å²) in [7, 11) is 0. The van der Waals surface area contributed by atoms with Gasteiger partial charge in [-0.05, 0) is 37.9 Å². The lowest BCUT2D eigenvalue weighted by atomic mass is 10.0. The van der Waals surface area contributed by atoms with Gasteiger partial charge in [0.15, 0.2) is 0 Å². The lowest BCUT2D eigenvalue weighted by molar-refractivity contribution is 0.101. The Kier molecular flexibility index (Phi) is 4.50. The maximum Gasteiger partial charge on any atom is 0.131 e. The topological polar surface area (TPSA) is 43.7 Å². The van der Waals surface area contributed by atoms with Crippen molar-refractivity contribution in [3.05, 3.63) is 35.4 Å². The van der Waals surface area contributed by atoms with Crippen molar-refractivity contribution in [3.8, 4) is 0 Å². The van der Waals surface area contributed by atoms with Crippen LogP contribution in [0.5, 0.6) is 0 Å². The van der Waals surface area contributed by atoms with Crippen LogP contribution in [0.15, 0.2) is 18.2 Å². The van der Waals surface area contributed by atoms with Crippen LogP contribution in [0.2, 0.25) is 0 Å². The molecule has 3 unspecified atom stereocenters. The molecule has 1 aromatic rings. The van der Waals surface area contributed by atoms with E-state index in [1.807, 2.05) is 4.90 Å². The van der Waals surface area contributed by atoms with Gasteiger partial charge in [-0.2, -0.15) is 0 Å². The highest BCUT2D eigenvalue weighted by Gasteiger charge is 2.28. The van der Waals surface area contributed by atoms with Crippen molar-refractivity contribution < 1.29 is 19.0 Å². The second-order valence-corrected chi connectivity index (χ2v) is 5.20. The molecule has 1 aliphatic heterocycles. The van der Waals surface area contributed by atoms with E-state index in [0.29, 0.717) is 6.54 Å². The minimum atomic E-state index is -1.19. The third-order valence-corrected chi connectivity index (χ3v) is 3.76. The summed E-state index contributed by atoms with van der Waals surface area (Å²) in [4.78, 5) is 1.92. The number of halogens is 2. The smallest absolute Gasteiger partial charge is 0.131 e. The molecule has 2 N–H and O–H groups in total. The molecule has 3 atom stereocenters. The summed E-state index contributed by atoms with van der Waals surface area (Å²) >= 11 is 0. The van der Waals surface area contributed by atoms with E-state index < -0.39 is 23.8 Å². The minimum absolute atomic E-state index is 0.165. The fourth-order valence-corrected chi connectivity index (χ4v) is 2.59. The lowest BCUT2D eigenvalue weighted by Crippen LogP contribution is -2.29. The van der Waals surface area contributed by atoms with Crippen molar-refractivity contribution >= 4 is 0 Å². The highest BCUT2D eigenvalue weighted by molar-refractivity contribution is 5.22. The van der Waals surface area contributed by atoms with Crippen LogP contribution in [0.1, 0.15) is 25.0 Å². The van der Waals surface area contributed by atoms with Crippen LogP contribution in [-0.2, 0) is 0 Å². The first-order valence-electron chi connectivity index (χ1n) is 6.51. The van der Waals surface area contributed by atoms with Gasteiger partial charge in [-0.1, -0.05) is 6.07 Å². The molecule has 0 aliphatic carbocycles. The number of nitrogens with zero attached hydrogens (tertiary/aromatic N) is 1. The van der Waals surface area contributed by atoms with Gasteiger partial charge < -0.3 is 15.1 Å². The van der Waals surface area contributed by atoms with Crippen LogP contribution in [0, 0.1) is 17.6 Å². The average molecular weight is 271 g/mol. The third kappa shape index (κ3) is 3.29. The average Bonchev–Trinajstić information content (AvgIpc) is 2.77. The number of rotatable bonds is 4. The van der Waals surface area contributed by atoms with Gasteiger partial charge in [0, 0.05) is 13.1 Å². The quantitative estimate of drug-likeness (QED) is 0.876. The number of benzene rings is 1. The summed E-state index contributed by atoms with van der Waals surface area (Å²) in [5.74, 6) is -1.28. The van der Waals surface area contributed by atoms with Crippen LogP contribution in [0.3, 0.4) is 0 Å². The monoisotopic (exact) mass is 271 g/mol. The predicted molar refractivity (Wildman–Crippen MR) is 67.5 cm³/mol. The van der Waals surface area contributed by atoms with Crippen molar-refractivity contribution in [2.45, 2.75) is 25.6 Å². The minimum Gasteiger partial charge on any atom is -0.393 e. The van der Waals surface area contributed by atoms with Gasteiger partial charge in [0.2, 0.25) is 0 Å². The molecular weight excluding hydrogens is 252 g/mol. The Morgan fingerprint density at radius 1 is 1.32 bits per heavy atom. The molecule has 1 heterocycles. The molecule has 106 valence electrons. The summed E-state index contributed by atoms with van der Waals surface area (Å²) < 4.78 is 27.0. The molecule has 0 saturated carbocycles. The Morgan fingerprint density at radius 3 is 2.47 bits per heavy atom. The Hall–Kier alpha value is -1.04. The summed E-state index contributed by atoms with van der Waals surface area (Å²) in [6.07, 6.45) is -0.745. The highest BCUT2D eigenvalue weighted by Crippen LogP contribution is 2.25. The number of β-amino-alcohol motifs (C(OH)–C–C–N with tert-alkyl or cyclic N) is 1. The first-order chi connectivity index (χ1) is 8.99. The van der Waals surface area contributed by atoms with E-state index in [9.17, 15) is 19.0 Å². The van der Waals surface area contributed by atoms with E-state index in [0.717, 1.165) is 25.1 Å². The molecule has 1 aromatic carbocycles. The normalized spacial score (nSPS) is 23.5. The molecule has 0 amide bonds. The van der Waals surface area contributed by atoms with Gasteiger partial charge in [0.1, 0.15) is 11.6 Å². The fraction of sp³-hybridized carbons (Fsp3) is 0.571. The number of hydrogen-bond acceptors (Lipinski definition) is 3. The predicted octanol–water partition coefficient (Wildman–Crippen LogP) is 1.70. The van der Waals surface area contributed by atoms with Gasteiger partial charge >= 0.3 is 0 Å². The van der Waals surface area contributed by atoms with Crippen molar-refractivity contribution in [2.75, 3.05) is 19.6 Å². The molecule has 3 nitrogen and oxygen atoms in total. The van der Waals surface area contributed by atoms with Gasteiger partial charge in [-0.15, -0.1) is 0 Å². The van der Waals surface area contributed by atoms with Crippen LogP contribution >= 0.6 is 0 Å². The molecule has 1 fully saturated rings. The first kappa shape index (κ1) is 14.4. The van der Waals surface area contributed by atoms with Crippen molar-refractivity contribution in [1.82, 2.24) is 4.90 Å². The van der Waals surface area contributed by atoms with Gasteiger partial charge in [0.05, 0.1) is 17.8 Å². The zero-order valence-electron chi connectivity index (χ0n) is 10.9. The second kappa shape index (κ2) is 5.94. The highest BCUT2D eigenvalue weighted by atomic mass is 19.1. The molecule has 0 bridgehead atoms. The first-order valence-corrected chi connectivity index (χ1v) is 6.51. The molecule has 0 radical (unpaired) electrons. The maximum atomic E-state index is 13.5. The van der Waals surface area contributed by atoms with E-state index in [4.69, 9.17) is 0 Å². The SMILES string of the molecule is CC(O)C1CCN(CC(O)c2c(F)cccc2F)C1. The Labute approximate surface area is 111 Å². The van der Waals surface area contributed by atoms with E-state index in [-0.39, 0.29) is 18.0 Å². The molecule has 5 heteroatoms. The number of aliphatic hydroxyl groups is 2. The van der Waals surface area contributed by atoms with Gasteiger partial charge in [0.25, 0.3) is 0 Å². The van der Waals surface area contributed by atoms with Crippen LogP contribution in [0.4, 0.5) is 8.78 Å². The van der Waals surface area contributed by atoms with Gasteiger partial charge in [-0.3, -0.25) is 0 Å². The molecule has 0 aromatic heterocycles. The van der Waals surface area contributed by atoms with Crippen molar-refractivity contribution in [1.29, 1.82) is 0 Å². The van der Waals surface area contributed by atoms with Crippen LogP contribution in [0.25, 0.3) is 0 Å². The largest absolute Gasteiger partial charge is 0.393 e. The molecule has 0 spiro atoms. The molecule has 1 saturated heterocycles. The van der Waals surface area contributed by atoms with E-state index in [2.05, 4.69) is 0 Å². The zero-order chi connectivity index (χ0) is 14.0. The fourth-order valence-electron chi connectivity index (χ4n) is 2.59. The van der Waals surface area contributed by atoms with E-state index in [1.165, 1.54) is 6.07 Å². The van der Waals surface area contributed by atoms with Crippen LogP contribution < -0.4 is 0 Å². The summed E-state index contributed by atoms with van der Waals surface area (Å²) in [5.41, 5.74) is -0.275. The third-order valence-electron chi connectivity index (χ3n) is 3.76. The molecule has 1 aliphatic rings. The number of aliphatic hydroxyl groups excluding tert-OH is 2.